The number of benzene rings is 1. The molecule has 0 bridgehead atoms. The van der Waals surface area contributed by atoms with Gasteiger partial charge in [0.05, 0.1) is 10.6 Å². The van der Waals surface area contributed by atoms with Crippen LogP contribution in [0.3, 0.4) is 0 Å². The molecule has 0 saturated heterocycles. The molecule has 112 valence electrons. The maximum atomic E-state index is 11.8. The monoisotopic (exact) mass is 309 g/mol. The number of hydrogen-bond acceptors (Lipinski definition) is 3. The Morgan fingerprint density at radius 1 is 1.14 bits per heavy atom. The molecule has 0 heterocycles. The van der Waals surface area contributed by atoms with E-state index in [-0.39, 0.29) is 36.6 Å². The molecule has 2 rings (SSSR count). The van der Waals surface area contributed by atoms with E-state index < -0.39 is 0 Å². The van der Waals surface area contributed by atoms with Crippen molar-refractivity contribution in [1.29, 1.82) is 0 Å². The molecule has 7 heteroatoms. The zero-order valence-electron chi connectivity index (χ0n) is 11.3. The summed E-state index contributed by atoms with van der Waals surface area (Å²) in [5.74, 6) is -0.826. The minimum Gasteiger partial charge on any atom is -0.351 e. The van der Waals surface area contributed by atoms with Crippen LogP contribution in [0.1, 0.15) is 29.6 Å². The summed E-state index contributed by atoms with van der Waals surface area (Å²) in [7, 11) is 0. The third-order valence-corrected chi connectivity index (χ3v) is 3.36. The van der Waals surface area contributed by atoms with Crippen molar-refractivity contribution in [2.45, 2.75) is 19.3 Å². The highest BCUT2D eigenvalue weighted by Gasteiger charge is 2.29. The van der Waals surface area contributed by atoms with E-state index >= 15 is 0 Å². The zero-order chi connectivity index (χ0) is 15.2. The minimum absolute atomic E-state index is 0.0326. The molecule has 0 aromatic heterocycles. The van der Waals surface area contributed by atoms with Crippen LogP contribution in [0.4, 0.5) is 0 Å². The van der Waals surface area contributed by atoms with Crippen molar-refractivity contribution in [3.05, 3.63) is 34.9 Å². The van der Waals surface area contributed by atoms with Crippen LogP contribution >= 0.6 is 11.6 Å². The molecular formula is C14H16ClN3O3. The van der Waals surface area contributed by atoms with Gasteiger partial charge in [0.1, 0.15) is 0 Å². The van der Waals surface area contributed by atoms with Gasteiger partial charge < -0.3 is 5.32 Å². The zero-order valence-corrected chi connectivity index (χ0v) is 12.1. The van der Waals surface area contributed by atoms with E-state index in [1.54, 1.807) is 24.3 Å². The van der Waals surface area contributed by atoms with Gasteiger partial charge in [0.2, 0.25) is 11.8 Å². The fourth-order valence-electron chi connectivity index (χ4n) is 1.67. The molecule has 1 aliphatic carbocycles. The SMILES string of the molecule is O=C(CCNC(=O)c1ccccc1Cl)NNC(=O)C1CC1. The summed E-state index contributed by atoms with van der Waals surface area (Å²) in [5.41, 5.74) is 5.03. The molecule has 1 saturated carbocycles. The first kappa shape index (κ1) is 15.3. The number of halogens is 1. The van der Waals surface area contributed by atoms with Gasteiger partial charge in [-0.05, 0) is 25.0 Å². The number of hydrogen-bond donors (Lipinski definition) is 3. The normalized spacial score (nSPS) is 13.4. The van der Waals surface area contributed by atoms with E-state index in [0.717, 1.165) is 12.8 Å². The molecule has 1 aromatic carbocycles. The third kappa shape index (κ3) is 4.75. The second kappa shape index (κ2) is 7.08. The molecule has 0 spiro atoms. The molecule has 0 unspecified atom stereocenters. The van der Waals surface area contributed by atoms with Crippen molar-refractivity contribution < 1.29 is 14.4 Å². The van der Waals surface area contributed by atoms with Crippen LogP contribution in [-0.2, 0) is 9.59 Å². The van der Waals surface area contributed by atoms with Crippen molar-refractivity contribution in [2.24, 2.45) is 5.92 Å². The van der Waals surface area contributed by atoms with Crippen molar-refractivity contribution in [1.82, 2.24) is 16.2 Å². The Morgan fingerprint density at radius 3 is 2.52 bits per heavy atom. The molecular weight excluding hydrogens is 294 g/mol. The predicted octanol–water partition coefficient (Wildman–Crippen LogP) is 1.02. The maximum absolute atomic E-state index is 11.8. The molecule has 0 aliphatic heterocycles. The minimum atomic E-state index is -0.358. The molecule has 0 atom stereocenters. The van der Waals surface area contributed by atoms with E-state index in [4.69, 9.17) is 11.6 Å². The molecule has 21 heavy (non-hydrogen) atoms. The fourth-order valence-corrected chi connectivity index (χ4v) is 1.89. The van der Waals surface area contributed by atoms with Gasteiger partial charge in [-0.3, -0.25) is 25.2 Å². The Balaban J connectivity index is 1.66. The first-order chi connectivity index (χ1) is 10.1. The second-order valence-electron chi connectivity index (χ2n) is 4.80. The molecule has 1 aliphatic rings. The van der Waals surface area contributed by atoms with E-state index in [2.05, 4.69) is 16.2 Å². The highest BCUT2D eigenvalue weighted by atomic mass is 35.5. The van der Waals surface area contributed by atoms with E-state index in [0.29, 0.717) is 10.6 Å². The maximum Gasteiger partial charge on any atom is 0.252 e. The fraction of sp³-hybridized carbons (Fsp3) is 0.357. The van der Waals surface area contributed by atoms with Crippen LogP contribution < -0.4 is 16.2 Å². The van der Waals surface area contributed by atoms with Crippen molar-refractivity contribution >= 4 is 29.3 Å². The topological polar surface area (TPSA) is 87.3 Å². The van der Waals surface area contributed by atoms with Gasteiger partial charge >= 0.3 is 0 Å². The standard InChI is InChI=1S/C14H16ClN3O3/c15-11-4-2-1-3-10(11)14(21)16-8-7-12(19)17-18-13(20)9-5-6-9/h1-4,9H,5-8H2,(H,16,21)(H,17,19)(H,18,20). The van der Waals surface area contributed by atoms with E-state index in [1.807, 2.05) is 0 Å². The average Bonchev–Trinajstić information content (AvgIpc) is 3.29. The summed E-state index contributed by atoms with van der Waals surface area (Å²) in [6, 6.07) is 6.67. The van der Waals surface area contributed by atoms with Crippen molar-refractivity contribution in [3.63, 3.8) is 0 Å². The number of nitrogens with one attached hydrogen (secondary N) is 3. The quantitative estimate of drug-likeness (QED) is 0.710. The van der Waals surface area contributed by atoms with Gasteiger partial charge in [-0.2, -0.15) is 0 Å². The lowest BCUT2D eigenvalue weighted by molar-refractivity contribution is -0.129. The first-order valence-corrected chi connectivity index (χ1v) is 7.07. The largest absolute Gasteiger partial charge is 0.351 e. The number of rotatable bonds is 5. The Bertz CT molecular complexity index is 558. The summed E-state index contributed by atoms with van der Waals surface area (Å²) < 4.78 is 0. The van der Waals surface area contributed by atoms with Crippen molar-refractivity contribution in [2.75, 3.05) is 6.54 Å². The summed E-state index contributed by atoms with van der Waals surface area (Å²) in [5, 5.41) is 2.95. The summed E-state index contributed by atoms with van der Waals surface area (Å²) >= 11 is 5.89. The van der Waals surface area contributed by atoms with Gasteiger partial charge in [0, 0.05) is 18.9 Å². The van der Waals surface area contributed by atoms with Gasteiger partial charge in [-0.1, -0.05) is 23.7 Å². The number of carbonyl (C=O) groups excluding carboxylic acids is 3. The Morgan fingerprint density at radius 2 is 1.86 bits per heavy atom. The van der Waals surface area contributed by atoms with Crippen LogP contribution in [0.25, 0.3) is 0 Å². The summed E-state index contributed by atoms with van der Waals surface area (Å²) in [4.78, 5) is 34.6. The summed E-state index contributed by atoms with van der Waals surface area (Å²) in [6.45, 7) is 0.162. The van der Waals surface area contributed by atoms with E-state index in [9.17, 15) is 14.4 Å². The lowest BCUT2D eigenvalue weighted by Gasteiger charge is -2.08. The summed E-state index contributed by atoms with van der Waals surface area (Å²) in [6.07, 6.45) is 1.81. The van der Waals surface area contributed by atoms with Gasteiger partial charge in [0.25, 0.3) is 5.91 Å². The Hall–Kier alpha value is -2.08. The smallest absolute Gasteiger partial charge is 0.252 e. The van der Waals surface area contributed by atoms with Crippen LogP contribution in [0.15, 0.2) is 24.3 Å². The molecule has 1 aromatic rings. The average molecular weight is 310 g/mol. The van der Waals surface area contributed by atoms with Gasteiger partial charge in [-0.25, -0.2) is 0 Å². The Kier molecular flexibility index (Phi) is 5.16. The highest BCUT2D eigenvalue weighted by molar-refractivity contribution is 6.33. The van der Waals surface area contributed by atoms with E-state index in [1.165, 1.54) is 0 Å². The Labute approximate surface area is 127 Å². The lowest BCUT2D eigenvalue weighted by atomic mass is 10.2. The number of hydrazine groups is 1. The van der Waals surface area contributed by atoms with Gasteiger partial charge in [-0.15, -0.1) is 0 Å². The van der Waals surface area contributed by atoms with Crippen LogP contribution in [0.2, 0.25) is 5.02 Å². The predicted molar refractivity (Wildman–Crippen MR) is 77.4 cm³/mol. The highest BCUT2D eigenvalue weighted by Crippen LogP contribution is 2.28. The van der Waals surface area contributed by atoms with Crippen LogP contribution in [-0.4, -0.2) is 24.3 Å². The number of carbonyl (C=O) groups is 3. The second-order valence-corrected chi connectivity index (χ2v) is 5.20. The third-order valence-electron chi connectivity index (χ3n) is 3.03. The molecule has 6 nitrogen and oxygen atoms in total. The molecule has 3 N–H and O–H groups in total. The molecule has 0 radical (unpaired) electrons. The van der Waals surface area contributed by atoms with Gasteiger partial charge in [0.15, 0.2) is 0 Å². The first-order valence-electron chi connectivity index (χ1n) is 6.69. The van der Waals surface area contributed by atoms with Crippen LogP contribution in [0, 0.1) is 5.92 Å². The molecule has 1 fully saturated rings. The van der Waals surface area contributed by atoms with Crippen LogP contribution in [0.5, 0.6) is 0 Å². The lowest BCUT2D eigenvalue weighted by Crippen LogP contribution is -2.43. The molecule has 3 amide bonds. The number of amides is 3. The van der Waals surface area contributed by atoms with Crippen molar-refractivity contribution in [3.8, 4) is 0 Å².